The lowest BCUT2D eigenvalue weighted by Gasteiger charge is -2.23. The molecule has 1 fully saturated rings. The van der Waals surface area contributed by atoms with Crippen molar-refractivity contribution in [1.82, 2.24) is 15.1 Å². The van der Waals surface area contributed by atoms with E-state index in [1.54, 1.807) is 0 Å². The Labute approximate surface area is 124 Å². The van der Waals surface area contributed by atoms with Gasteiger partial charge in [-0.3, -0.25) is 4.68 Å². The summed E-state index contributed by atoms with van der Waals surface area (Å²) in [7, 11) is 0. The van der Waals surface area contributed by atoms with Crippen molar-refractivity contribution in [2.75, 3.05) is 13.2 Å². The standard InChI is InChI=1S/C14H24BrN3O/c1-3-18-13(14(15)11(2)17-18)10-19-9-7-12-6-4-5-8-16-12/h12,16H,3-10H2,1-2H3. The molecule has 0 aromatic carbocycles. The molecule has 0 amide bonds. The van der Waals surface area contributed by atoms with Crippen molar-refractivity contribution in [3.63, 3.8) is 0 Å². The van der Waals surface area contributed by atoms with E-state index in [0.717, 1.165) is 42.0 Å². The highest BCUT2D eigenvalue weighted by Crippen LogP contribution is 2.22. The molecule has 0 radical (unpaired) electrons. The largest absolute Gasteiger partial charge is 0.375 e. The first kappa shape index (κ1) is 15.0. The maximum absolute atomic E-state index is 5.83. The van der Waals surface area contributed by atoms with Crippen LogP contribution in [0.1, 0.15) is 44.0 Å². The highest BCUT2D eigenvalue weighted by atomic mass is 79.9. The van der Waals surface area contributed by atoms with Crippen LogP contribution in [0.4, 0.5) is 0 Å². The second-order valence-electron chi connectivity index (χ2n) is 5.15. The molecule has 4 nitrogen and oxygen atoms in total. The second kappa shape index (κ2) is 7.41. The number of nitrogens with one attached hydrogen (secondary N) is 1. The van der Waals surface area contributed by atoms with Gasteiger partial charge in [-0.05, 0) is 55.6 Å². The van der Waals surface area contributed by atoms with Crippen LogP contribution >= 0.6 is 15.9 Å². The summed E-state index contributed by atoms with van der Waals surface area (Å²) in [6.07, 6.45) is 5.07. The number of aromatic nitrogens is 2. The van der Waals surface area contributed by atoms with Crippen LogP contribution in [0.3, 0.4) is 0 Å². The van der Waals surface area contributed by atoms with E-state index in [9.17, 15) is 0 Å². The molecule has 0 saturated carbocycles. The molecule has 1 N–H and O–H groups in total. The number of ether oxygens (including phenoxy) is 1. The van der Waals surface area contributed by atoms with Gasteiger partial charge >= 0.3 is 0 Å². The zero-order valence-electron chi connectivity index (χ0n) is 11.9. The third-order valence-electron chi connectivity index (χ3n) is 3.71. The molecule has 2 heterocycles. The van der Waals surface area contributed by atoms with Crippen LogP contribution in [0.15, 0.2) is 4.47 Å². The number of piperidine rings is 1. The van der Waals surface area contributed by atoms with Gasteiger partial charge in [0, 0.05) is 19.2 Å². The van der Waals surface area contributed by atoms with Crippen LogP contribution in [-0.4, -0.2) is 29.0 Å². The van der Waals surface area contributed by atoms with E-state index in [-0.39, 0.29) is 0 Å². The van der Waals surface area contributed by atoms with Gasteiger partial charge in [0.2, 0.25) is 0 Å². The first-order valence-electron chi connectivity index (χ1n) is 7.25. The van der Waals surface area contributed by atoms with Crippen molar-refractivity contribution in [3.8, 4) is 0 Å². The molecule has 5 heteroatoms. The van der Waals surface area contributed by atoms with E-state index >= 15 is 0 Å². The van der Waals surface area contributed by atoms with Crippen molar-refractivity contribution in [3.05, 3.63) is 15.9 Å². The fraction of sp³-hybridized carbons (Fsp3) is 0.786. The SMILES string of the molecule is CCn1nc(C)c(Br)c1COCCC1CCCCN1. The highest BCUT2D eigenvalue weighted by molar-refractivity contribution is 9.10. The summed E-state index contributed by atoms with van der Waals surface area (Å²) in [5, 5.41) is 8.02. The summed E-state index contributed by atoms with van der Waals surface area (Å²) in [6, 6.07) is 0.648. The summed E-state index contributed by atoms with van der Waals surface area (Å²) in [6.45, 7) is 7.63. The molecule has 1 atom stereocenters. The van der Waals surface area contributed by atoms with Gasteiger partial charge in [0.1, 0.15) is 0 Å². The minimum absolute atomic E-state index is 0.641. The van der Waals surface area contributed by atoms with Crippen LogP contribution in [0.25, 0.3) is 0 Å². The molecule has 0 spiro atoms. The van der Waals surface area contributed by atoms with Gasteiger partial charge < -0.3 is 10.1 Å². The van der Waals surface area contributed by atoms with Crippen molar-refractivity contribution >= 4 is 15.9 Å². The van der Waals surface area contributed by atoms with Crippen molar-refractivity contribution in [2.24, 2.45) is 0 Å². The van der Waals surface area contributed by atoms with Crippen molar-refractivity contribution < 1.29 is 4.74 Å². The van der Waals surface area contributed by atoms with E-state index in [1.807, 2.05) is 11.6 Å². The molecule has 1 aliphatic rings. The van der Waals surface area contributed by atoms with Gasteiger partial charge in [-0.25, -0.2) is 0 Å². The third-order valence-corrected chi connectivity index (χ3v) is 4.75. The van der Waals surface area contributed by atoms with Crippen LogP contribution in [-0.2, 0) is 17.9 Å². The fourth-order valence-corrected chi connectivity index (χ4v) is 2.97. The zero-order chi connectivity index (χ0) is 13.7. The quantitative estimate of drug-likeness (QED) is 0.815. The predicted molar refractivity (Wildman–Crippen MR) is 80.3 cm³/mol. The predicted octanol–water partition coefficient (Wildman–Crippen LogP) is 3.02. The Balaban J connectivity index is 1.76. The number of hydrogen-bond donors (Lipinski definition) is 1. The van der Waals surface area contributed by atoms with Gasteiger partial charge in [-0.1, -0.05) is 6.42 Å². The van der Waals surface area contributed by atoms with E-state index < -0.39 is 0 Å². The molecule has 19 heavy (non-hydrogen) atoms. The van der Waals surface area contributed by atoms with Gasteiger partial charge in [0.15, 0.2) is 0 Å². The summed E-state index contributed by atoms with van der Waals surface area (Å²) in [5.74, 6) is 0. The Hall–Kier alpha value is -0.390. The molecular weight excluding hydrogens is 306 g/mol. The van der Waals surface area contributed by atoms with Gasteiger partial charge in [0.05, 0.1) is 22.5 Å². The molecule has 1 saturated heterocycles. The lowest BCUT2D eigenvalue weighted by molar-refractivity contribution is 0.103. The monoisotopic (exact) mass is 329 g/mol. The maximum atomic E-state index is 5.83. The Kier molecular flexibility index (Phi) is 5.85. The van der Waals surface area contributed by atoms with Crippen LogP contribution < -0.4 is 5.32 Å². The smallest absolute Gasteiger partial charge is 0.0896 e. The zero-order valence-corrected chi connectivity index (χ0v) is 13.5. The Bertz CT molecular complexity index is 400. The topological polar surface area (TPSA) is 39.1 Å². The highest BCUT2D eigenvalue weighted by Gasteiger charge is 2.14. The lowest BCUT2D eigenvalue weighted by Crippen LogP contribution is -2.34. The van der Waals surface area contributed by atoms with Gasteiger partial charge in [-0.15, -0.1) is 0 Å². The number of rotatable bonds is 6. The van der Waals surface area contributed by atoms with E-state index in [1.165, 1.54) is 19.3 Å². The van der Waals surface area contributed by atoms with Crippen molar-refractivity contribution in [2.45, 2.75) is 58.7 Å². The normalized spacial score (nSPS) is 19.8. The Morgan fingerprint density at radius 2 is 2.32 bits per heavy atom. The molecule has 108 valence electrons. The maximum Gasteiger partial charge on any atom is 0.0896 e. The molecule has 0 aliphatic carbocycles. The molecule has 1 aromatic heterocycles. The molecule has 1 unspecified atom stereocenters. The van der Waals surface area contributed by atoms with E-state index in [0.29, 0.717) is 12.6 Å². The average molecular weight is 330 g/mol. The summed E-state index contributed by atoms with van der Waals surface area (Å²) >= 11 is 3.59. The Morgan fingerprint density at radius 3 is 3.00 bits per heavy atom. The summed E-state index contributed by atoms with van der Waals surface area (Å²) in [4.78, 5) is 0. The molecule has 0 bridgehead atoms. The van der Waals surface area contributed by atoms with Gasteiger partial charge in [-0.2, -0.15) is 5.10 Å². The van der Waals surface area contributed by atoms with E-state index in [2.05, 4.69) is 33.3 Å². The Morgan fingerprint density at radius 1 is 1.47 bits per heavy atom. The molecule has 2 rings (SSSR count). The molecular formula is C14H24BrN3O. The van der Waals surface area contributed by atoms with Crippen LogP contribution in [0.5, 0.6) is 0 Å². The second-order valence-corrected chi connectivity index (χ2v) is 5.94. The van der Waals surface area contributed by atoms with Crippen LogP contribution in [0, 0.1) is 6.92 Å². The third kappa shape index (κ3) is 4.04. The first-order valence-corrected chi connectivity index (χ1v) is 8.04. The first-order chi connectivity index (χ1) is 9.22. The van der Waals surface area contributed by atoms with E-state index in [4.69, 9.17) is 4.74 Å². The van der Waals surface area contributed by atoms with Crippen LogP contribution in [0.2, 0.25) is 0 Å². The minimum Gasteiger partial charge on any atom is -0.375 e. The minimum atomic E-state index is 0.641. The lowest BCUT2D eigenvalue weighted by atomic mass is 10.0. The average Bonchev–Trinajstić information content (AvgIpc) is 2.72. The fourth-order valence-electron chi connectivity index (χ4n) is 2.57. The number of hydrogen-bond acceptors (Lipinski definition) is 3. The summed E-state index contributed by atoms with van der Waals surface area (Å²) < 4.78 is 8.93. The number of halogens is 1. The van der Waals surface area contributed by atoms with Crippen molar-refractivity contribution in [1.29, 1.82) is 0 Å². The van der Waals surface area contributed by atoms with Gasteiger partial charge in [0.25, 0.3) is 0 Å². The number of aryl methyl sites for hydroxylation is 2. The number of nitrogens with zero attached hydrogens (tertiary/aromatic N) is 2. The molecule has 1 aliphatic heterocycles. The summed E-state index contributed by atoms with van der Waals surface area (Å²) in [5.41, 5.74) is 2.19. The molecule has 1 aromatic rings.